The zero-order valence-corrected chi connectivity index (χ0v) is 9.41. The van der Waals surface area contributed by atoms with Gasteiger partial charge in [-0.1, -0.05) is 23.2 Å². The molecule has 0 aromatic heterocycles. The molecule has 0 radical (unpaired) electrons. The van der Waals surface area contributed by atoms with Gasteiger partial charge in [0, 0.05) is 16.1 Å². The third kappa shape index (κ3) is 2.41. The molecule has 76 valence electrons. The van der Waals surface area contributed by atoms with Crippen LogP contribution in [-0.2, 0) is 6.42 Å². The smallest absolute Gasteiger partial charge is 0.0439 e. The van der Waals surface area contributed by atoms with Gasteiger partial charge in [-0.2, -0.15) is 0 Å². The minimum absolute atomic E-state index is 0.575. The molecule has 2 rings (SSSR count). The van der Waals surface area contributed by atoms with Gasteiger partial charge >= 0.3 is 0 Å². The number of halogens is 2. The van der Waals surface area contributed by atoms with Crippen molar-refractivity contribution >= 4 is 23.2 Å². The Morgan fingerprint density at radius 1 is 1.36 bits per heavy atom. The topological polar surface area (TPSA) is 12.0 Å². The normalized spacial score (nSPS) is 21.4. The Labute approximate surface area is 94.4 Å². The second-order valence-electron chi connectivity index (χ2n) is 3.73. The molecule has 0 bridgehead atoms. The van der Waals surface area contributed by atoms with Gasteiger partial charge in [-0.15, -0.1) is 0 Å². The monoisotopic (exact) mass is 229 g/mol. The molecular formula is C11H13Cl2N. The molecule has 3 heteroatoms. The van der Waals surface area contributed by atoms with Crippen LogP contribution in [0.2, 0.25) is 10.0 Å². The molecule has 14 heavy (non-hydrogen) atoms. The summed E-state index contributed by atoms with van der Waals surface area (Å²) in [5.41, 5.74) is 1.15. The maximum Gasteiger partial charge on any atom is 0.0439 e. The largest absolute Gasteiger partial charge is 0.314 e. The maximum absolute atomic E-state index is 6.09. The highest BCUT2D eigenvalue weighted by Gasteiger charge is 2.15. The van der Waals surface area contributed by atoms with E-state index in [1.54, 1.807) is 0 Å². The van der Waals surface area contributed by atoms with Gasteiger partial charge in [-0.05, 0) is 49.6 Å². The van der Waals surface area contributed by atoms with Crippen LogP contribution < -0.4 is 5.32 Å². The van der Waals surface area contributed by atoms with Crippen molar-refractivity contribution in [3.05, 3.63) is 33.8 Å². The fourth-order valence-corrected chi connectivity index (χ4v) is 2.29. The lowest BCUT2D eigenvalue weighted by atomic mass is 10.0. The molecular weight excluding hydrogens is 217 g/mol. The third-order valence-electron chi connectivity index (χ3n) is 2.64. The van der Waals surface area contributed by atoms with Crippen molar-refractivity contribution in [3.8, 4) is 0 Å². The van der Waals surface area contributed by atoms with Crippen molar-refractivity contribution in [2.24, 2.45) is 0 Å². The molecule has 1 aliphatic heterocycles. The van der Waals surface area contributed by atoms with E-state index >= 15 is 0 Å². The van der Waals surface area contributed by atoms with Gasteiger partial charge in [-0.3, -0.25) is 0 Å². The van der Waals surface area contributed by atoms with Gasteiger partial charge in [0.1, 0.15) is 0 Å². The van der Waals surface area contributed by atoms with Crippen LogP contribution in [0.3, 0.4) is 0 Å². The molecule has 1 atom stereocenters. The Bertz CT molecular complexity index is 319. The second-order valence-corrected chi connectivity index (χ2v) is 4.58. The van der Waals surface area contributed by atoms with Gasteiger partial charge < -0.3 is 5.32 Å². The molecule has 1 saturated heterocycles. The van der Waals surface area contributed by atoms with Gasteiger partial charge in [0.05, 0.1) is 0 Å². The Kier molecular flexibility index (Phi) is 3.32. The van der Waals surface area contributed by atoms with Crippen LogP contribution in [0, 0.1) is 0 Å². The van der Waals surface area contributed by atoms with E-state index in [0.717, 1.165) is 28.6 Å². The van der Waals surface area contributed by atoms with Crippen molar-refractivity contribution in [2.75, 3.05) is 6.54 Å². The van der Waals surface area contributed by atoms with E-state index in [1.165, 1.54) is 12.8 Å². The number of nitrogens with one attached hydrogen (secondary N) is 1. The van der Waals surface area contributed by atoms with Crippen LogP contribution in [0.25, 0.3) is 0 Å². The minimum Gasteiger partial charge on any atom is -0.314 e. The van der Waals surface area contributed by atoms with E-state index < -0.39 is 0 Å². The summed E-state index contributed by atoms with van der Waals surface area (Å²) >= 11 is 12.0. The number of benzene rings is 1. The lowest BCUT2D eigenvalue weighted by molar-refractivity contribution is 0.603. The van der Waals surface area contributed by atoms with E-state index in [9.17, 15) is 0 Å². The molecule has 0 aliphatic carbocycles. The highest BCUT2D eigenvalue weighted by molar-refractivity contribution is 6.33. The quantitative estimate of drug-likeness (QED) is 0.821. The first-order valence-corrected chi connectivity index (χ1v) is 5.68. The van der Waals surface area contributed by atoms with E-state index in [-0.39, 0.29) is 0 Å². The van der Waals surface area contributed by atoms with Gasteiger partial charge in [0.25, 0.3) is 0 Å². The lowest BCUT2D eigenvalue weighted by Crippen LogP contribution is -2.23. The zero-order valence-electron chi connectivity index (χ0n) is 7.89. The number of hydrogen-bond donors (Lipinski definition) is 1. The molecule has 1 unspecified atom stereocenters. The predicted molar refractivity (Wildman–Crippen MR) is 61.2 cm³/mol. The summed E-state index contributed by atoms with van der Waals surface area (Å²) in [5.74, 6) is 0. The number of hydrogen-bond acceptors (Lipinski definition) is 1. The van der Waals surface area contributed by atoms with Gasteiger partial charge in [0.2, 0.25) is 0 Å². The Balaban J connectivity index is 2.10. The van der Waals surface area contributed by atoms with E-state index in [0.29, 0.717) is 6.04 Å². The van der Waals surface area contributed by atoms with Crippen LogP contribution >= 0.6 is 23.2 Å². The van der Waals surface area contributed by atoms with Crippen molar-refractivity contribution in [3.63, 3.8) is 0 Å². The molecule has 1 aromatic carbocycles. The molecule has 1 nitrogen and oxygen atoms in total. The Morgan fingerprint density at radius 2 is 2.21 bits per heavy atom. The summed E-state index contributed by atoms with van der Waals surface area (Å²) in [6.45, 7) is 1.13. The summed E-state index contributed by atoms with van der Waals surface area (Å²) in [7, 11) is 0. The molecule has 0 amide bonds. The van der Waals surface area contributed by atoms with Crippen LogP contribution in [0.1, 0.15) is 18.4 Å². The van der Waals surface area contributed by atoms with Crippen molar-refractivity contribution in [1.29, 1.82) is 0 Å². The van der Waals surface area contributed by atoms with E-state index in [1.807, 2.05) is 18.2 Å². The van der Waals surface area contributed by atoms with Crippen LogP contribution in [0.4, 0.5) is 0 Å². The molecule has 1 aliphatic rings. The van der Waals surface area contributed by atoms with Crippen LogP contribution in [0.5, 0.6) is 0 Å². The molecule has 0 spiro atoms. The standard InChI is InChI=1S/C11H13Cl2N/c12-9-3-4-11(13)8(6-9)7-10-2-1-5-14-10/h3-4,6,10,14H,1-2,5,7H2. The van der Waals surface area contributed by atoms with E-state index in [4.69, 9.17) is 23.2 Å². The van der Waals surface area contributed by atoms with Gasteiger partial charge in [-0.25, -0.2) is 0 Å². The van der Waals surface area contributed by atoms with Crippen LogP contribution in [-0.4, -0.2) is 12.6 Å². The van der Waals surface area contributed by atoms with Crippen molar-refractivity contribution in [2.45, 2.75) is 25.3 Å². The fourth-order valence-electron chi connectivity index (χ4n) is 1.90. The second kappa shape index (κ2) is 4.52. The summed E-state index contributed by atoms with van der Waals surface area (Å²) < 4.78 is 0. The minimum atomic E-state index is 0.575. The SMILES string of the molecule is Clc1ccc(Cl)c(CC2CCCN2)c1. The molecule has 1 aromatic rings. The Hall–Kier alpha value is -0.240. The first-order chi connectivity index (χ1) is 6.75. The average molecular weight is 230 g/mol. The zero-order chi connectivity index (χ0) is 9.97. The fraction of sp³-hybridized carbons (Fsp3) is 0.455. The lowest BCUT2D eigenvalue weighted by Gasteiger charge is -2.11. The summed E-state index contributed by atoms with van der Waals surface area (Å²) in [5, 5.41) is 5.04. The molecule has 1 fully saturated rings. The summed E-state index contributed by atoms with van der Waals surface area (Å²) in [6.07, 6.45) is 3.49. The van der Waals surface area contributed by atoms with Crippen LogP contribution in [0.15, 0.2) is 18.2 Å². The van der Waals surface area contributed by atoms with Crippen molar-refractivity contribution < 1.29 is 0 Å². The first-order valence-electron chi connectivity index (χ1n) is 4.93. The van der Waals surface area contributed by atoms with Crippen molar-refractivity contribution in [1.82, 2.24) is 5.32 Å². The molecule has 1 N–H and O–H groups in total. The van der Waals surface area contributed by atoms with Gasteiger partial charge in [0.15, 0.2) is 0 Å². The number of rotatable bonds is 2. The molecule has 1 heterocycles. The van der Waals surface area contributed by atoms with E-state index in [2.05, 4.69) is 5.32 Å². The summed E-state index contributed by atoms with van der Waals surface area (Å²) in [4.78, 5) is 0. The first kappa shape index (κ1) is 10.3. The molecule has 0 saturated carbocycles. The summed E-state index contributed by atoms with van der Waals surface area (Å²) in [6, 6.07) is 6.24. The third-order valence-corrected chi connectivity index (χ3v) is 3.24. The predicted octanol–water partition coefficient (Wildman–Crippen LogP) is 3.29. The highest BCUT2D eigenvalue weighted by atomic mass is 35.5. The maximum atomic E-state index is 6.09. The highest BCUT2D eigenvalue weighted by Crippen LogP contribution is 2.23. The average Bonchev–Trinajstić information content (AvgIpc) is 2.64. The Morgan fingerprint density at radius 3 is 2.93 bits per heavy atom.